The molecule has 0 bridgehead atoms. The van der Waals surface area contributed by atoms with E-state index < -0.39 is 0 Å². The number of nitrogens with zero attached hydrogens (tertiary/aromatic N) is 1. The Labute approximate surface area is 48.3 Å². The first-order chi connectivity index (χ1) is 3.30. The molecule has 0 aliphatic carbocycles. The van der Waals surface area contributed by atoms with E-state index in [9.17, 15) is 0 Å². The van der Waals surface area contributed by atoms with E-state index in [4.69, 9.17) is 0 Å². The molecule has 0 N–H and O–H groups in total. The molecule has 0 spiro atoms. The molecule has 1 aliphatic heterocycles. The highest BCUT2D eigenvalue weighted by Gasteiger charge is 2.14. The van der Waals surface area contributed by atoms with Gasteiger partial charge in [-0.1, -0.05) is 13.8 Å². The Balaban J connectivity index is 2.45. The molecule has 40 valence electrons. The fourth-order valence-electron chi connectivity index (χ4n) is 0.444. The summed E-state index contributed by atoms with van der Waals surface area (Å²) >= 11 is 1.67. The Kier molecular flexibility index (Phi) is 1.38. The van der Waals surface area contributed by atoms with E-state index in [0.717, 1.165) is 0 Å². The van der Waals surface area contributed by atoms with Gasteiger partial charge in [0.1, 0.15) is 0 Å². The van der Waals surface area contributed by atoms with Gasteiger partial charge < -0.3 is 0 Å². The number of hydrogen-bond acceptors (Lipinski definition) is 2. The van der Waals surface area contributed by atoms with Crippen LogP contribution in [-0.4, -0.2) is 11.5 Å². The van der Waals surface area contributed by atoms with Gasteiger partial charge in [-0.05, 0) is 11.9 Å². The minimum Gasteiger partial charge on any atom is -0.228 e. The maximum Gasteiger partial charge on any atom is 0.0313 e. The zero-order valence-corrected chi connectivity index (χ0v) is 5.40. The first-order valence-electron chi connectivity index (χ1n) is 2.50. The monoisotopic (exact) mass is 115 g/mol. The second kappa shape index (κ2) is 1.86. The van der Waals surface area contributed by atoms with E-state index in [1.54, 1.807) is 11.9 Å². The Hall–Kier alpha value is 0.0200. The van der Waals surface area contributed by atoms with Crippen LogP contribution >= 0.6 is 11.9 Å². The average Bonchev–Trinajstić information content (AvgIpc) is 1.91. The molecule has 0 radical (unpaired) electrons. The van der Waals surface area contributed by atoms with Gasteiger partial charge in [-0.25, -0.2) is 4.40 Å². The summed E-state index contributed by atoms with van der Waals surface area (Å²) < 4.78 is 4.04. The van der Waals surface area contributed by atoms with Crippen LogP contribution in [0.5, 0.6) is 0 Å². The molecule has 0 aromatic rings. The molecule has 2 heteroatoms. The highest BCUT2D eigenvalue weighted by Crippen LogP contribution is 2.24. The molecule has 1 rings (SSSR count). The van der Waals surface area contributed by atoms with Gasteiger partial charge in [-0.2, -0.15) is 0 Å². The molecule has 2 atom stereocenters. The zero-order chi connectivity index (χ0) is 5.28. The van der Waals surface area contributed by atoms with Gasteiger partial charge in [-0.15, -0.1) is 0 Å². The van der Waals surface area contributed by atoms with Crippen molar-refractivity contribution in [3.8, 4) is 0 Å². The topological polar surface area (TPSA) is 12.4 Å². The normalized spacial score (nSPS) is 39.7. The van der Waals surface area contributed by atoms with Crippen LogP contribution in [-0.2, 0) is 0 Å². The third-order valence-electron chi connectivity index (χ3n) is 1.26. The van der Waals surface area contributed by atoms with Crippen molar-refractivity contribution in [3.05, 3.63) is 0 Å². The summed E-state index contributed by atoms with van der Waals surface area (Å²) in [6.45, 7) is 4.39. The molecular weight excluding hydrogens is 106 g/mol. The van der Waals surface area contributed by atoms with Gasteiger partial charge >= 0.3 is 0 Å². The molecule has 0 aromatic heterocycles. The maximum absolute atomic E-state index is 4.04. The summed E-state index contributed by atoms with van der Waals surface area (Å²) in [5.74, 6) is 0.685. The van der Waals surface area contributed by atoms with Crippen LogP contribution in [0.2, 0.25) is 0 Å². The van der Waals surface area contributed by atoms with Crippen molar-refractivity contribution in [3.63, 3.8) is 0 Å². The van der Waals surface area contributed by atoms with Crippen molar-refractivity contribution in [2.24, 2.45) is 10.3 Å². The number of hydrogen-bond donors (Lipinski definition) is 0. The molecule has 1 aliphatic rings. The molecule has 0 saturated heterocycles. The lowest BCUT2D eigenvalue weighted by atomic mass is 10.1. The Morgan fingerprint density at radius 2 is 2.29 bits per heavy atom. The lowest BCUT2D eigenvalue weighted by Gasteiger charge is -2.01. The average molecular weight is 115 g/mol. The van der Waals surface area contributed by atoms with Crippen LogP contribution in [0.25, 0.3) is 0 Å². The molecule has 1 nitrogen and oxygen atoms in total. The maximum atomic E-state index is 4.04. The molecule has 0 fully saturated rings. The third-order valence-corrected chi connectivity index (χ3v) is 2.27. The second-order valence-electron chi connectivity index (χ2n) is 1.92. The standard InChI is InChI=1S/C5H9NS/c1-4-3-6-7-5(4)2/h3-5H,1-2H3. The van der Waals surface area contributed by atoms with E-state index in [1.165, 1.54) is 0 Å². The molecule has 0 aromatic carbocycles. The smallest absolute Gasteiger partial charge is 0.0313 e. The first kappa shape index (κ1) is 5.16. The van der Waals surface area contributed by atoms with Crippen LogP contribution in [0.3, 0.4) is 0 Å². The molecule has 1 heterocycles. The fraction of sp³-hybridized carbons (Fsp3) is 0.800. The van der Waals surface area contributed by atoms with Gasteiger partial charge in [-0.3, -0.25) is 0 Å². The highest BCUT2D eigenvalue weighted by molar-refractivity contribution is 7.99. The quantitative estimate of drug-likeness (QED) is 0.438. The zero-order valence-electron chi connectivity index (χ0n) is 4.59. The molecule has 7 heavy (non-hydrogen) atoms. The Morgan fingerprint density at radius 3 is 2.43 bits per heavy atom. The molecule has 2 unspecified atom stereocenters. The predicted molar refractivity (Wildman–Crippen MR) is 34.7 cm³/mol. The van der Waals surface area contributed by atoms with Crippen LogP contribution in [0.1, 0.15) is 13.8 Å². The lowest BCUT2D eigenvalue weighted by molar-refractivity contribution is 0.788. The van der Waals surface area contributed by atoms with E-state index in [2.05, 4.69) is 18.2 Å². The molecule has 0 saturated carbocycles. The minimum absolute atomic E-state index is 0.685. The number of rotatable bonds is 0. The Bertz CT molecular complexity index is 90.1. The molecular formula is C5H9NS. The third kappa shape index (κ3) is 0.969. The minimum atomic E-state index is 0.685. The van der Waals surface area contributed by atoms with Crippen molar-refractivity contribution in [1.29, 1.82) is 0 Å². The van der Waals surface area contributed by atoms with E-state index >= 15 is 0 Å². The van der Waals surface area contributed by atoms with Crippen molar-refractivity contribution in [2.75, 3.05) is 0 Å². The van der Waals surface area contributed by atoms with Crippen molar-refractivity contribution in [2.45, 2.75) is 19.1 Å². The summed E-state index contributed by atoms with van der Waals surface area (Å²) in [5, 5.41) is 0.708. The lowest BCUT2D eigenvalue weighted by Crippen LogP contribution is -2.03. The second-order valence-corrected chi connectivity index (χ2v) is 3.09. The summed E-state index contributed by atoms with van der Waals surface area (Å²) in [5.41, 5.74) is 0. The summed E-state index contributed by atoms with van der Waals surface area (Å²) in [7, 11) is 0. The van der Waals surface area contributed by atoms with E-state index in [0.29, 0.717) is 11.2 Å². The van der Waals surface area contributed by atoms with Crippen molar-refractivity contribution in [1.82, 2.24) is 0 Å². The van der Waals surface area contributed by atoms with Gasteiger partial charge in [0.05, 0.1) is 0 Å². The first-order valence-corrected chi connectivity index (χ1v) is 3.33. The van der Waals surface area contributed by atoms with Crippen LogP contribution < -0.4 is 0 Å². The van der Waals surface area contributed by atoms with Gasteiger partial charge in [0.2, 0.25) is 0 Å². The van der Waals surface area contributed by atoms with Gasteiger partial charge in [0.25, 0.3) is 0 Å². The van der Waals surface area contributed by atoms with Crippen LogP contribution in [0, 0.1) is 5.92 Å². The largest absolute Gasteiger partial charge is 0.228 e. The summed E-state index contributed by atoms with van der Waals surface area (Å²) in [6.07, 6.45) is 2.01. The summed E-state index contributed by atoms with van der Waals surface area (Å²) in [4.78, 5) is 0. The predicted octanol–water partition coefficient (Wildman–Crippen LogP) is 1.74. The van der Waals surface area contributed by atoms with Crippen molar-refractivity contribution >= 4 is 18.2 Å². The van der Waals surface area contributed by atoms with E-state index in [1.807, 2.05) is 6.21 Å². The SMILES string of the molecule is CC1C=NSC1C. The van der Waals surface area contributed by atoms with Crippen LogP contribution in [0.4, 0.5) is 0 Å². The van der Waals surface area contributed by atoms with Gasteiger partial charge in [0.15, 0.2) is 0 Å². The van der Waals surface area contributed by atoms with E-state index in [-0.39, 0.29) is 0 Å². The van der Waals surface area contributed by atoms with Gasteiger partial charge in [0, 0.05) is 17.4 Å². The summed E-state index contributed by atoms with van der Waals surface area (Å²) in [6, 6.07) is 0. The van der Waals surface area contributed by atoms with Crippen LogP contribution in [0.15, 0.2) is 4.40 Å². The van der Waals surface area contributed by atoms with Crippen molar-refractivity contribution < 1.29 is 0 Å². The Morgan fingerprint density at radius 1 is 1.57 bits per heavy atom. The fourth-order valence-corrected chi connectivity index (χ4v) is 1.16. The molecule has 0 amide bonds. The highest BCUT2D eigenvalue weighted by atomic mass is 32.2.